The number of benzene rings is 2. The smallest absolute Gasteiger partial charge is 0.258 e. The molecule has 148 valence electrons. The normalized spacial score (nSPS) is 17.3. The molecule has 1 N–H and O–H groups in total. The van der Waals surface area contributed by atoms with Gasteiger partial charge in [0.15, 0.2) is 6.61 Å². The first-order chi connectivity index (χ1) is 13.6. The van der Waals surface area contributed by atoms with Crippen LogP contribution in [0.4, 0.5) is 0 Å². The van der Waals surface area contributed by atoms with Crippen molar-refractivity contribution in [3.63, 3.8) is 0 Å². The maximum absolute atomic E-state index is 13.3. The van der Waals surface area contributed by atoms with Gasteiger partial charge < -0.3 is 15.0 Å². The van der Waals surface area contributed by atoms with Gasteiger partial charge in [0, 0.05) is 19.1 Å². The molecule has 2 fully saturated rings. The number of carbonyl (C=O) groups excluding carboxylic acids is 2. The Morgan fingerprint density at radius 1 is 1.04 bits per heavy atom. The third-order valence-corrected chi connectivity index (χ3v) is 5.82. The SMILES string of the molecule is CN(C(=O)c1cc2ccccc2cc1OCC(=O)NC1CC1)C1CCCCC1. The Balaban J connectivity index is 1.58. The minimum absolute atomic E-state index is 0.0322. The van der Waals surface area contributed by atoms with Crippen LogP contribution in [0.2, 0.25) is 0 Å². The molecule has 0 spiro atoms. The van der Waals surface area contributed by atoms with Gasteiger partial charge in [-0.3, -0.25) is 9.59 Å². The zero-order chi connectivity index (χ0) is 19.5. The summed E-state index contributed by atoms with van der Waals surface area (Å²) in [6, 6.07) is 12.3. The summed E-state index contributed by atoms with van der Waals surface area (Å²) in [5, 5.41) is 4.92. The topological polar surface area (TPSA) is 58.6 Å². The highest BCUT2D eigenvalue weighted by Gasteiger charge is 2.26. The third kappa shape index (κ3) is 4.29. The van der Waals surface area contributed by atoms with Crippen molar-refractivity contribution in [1.29, 1.82) is 0 Å². The molecule has 2 aromatic rings. The Bertz CT molecular complexity index is 869. The molecule has 28 heavy (non-hydrogen) atoms. The third-order valence-electron chi connectivity index (χ3n) is 5.82. The number of hydrogen-bond donors (Lipinski definition) is 1. The van der Waals surface area contributed by atoms with Crippen LogP contribution < -0.4 is 10.1 Å². The quantitative estimate of drug-likeness (QED) is 0.827. The summed E-state index contributed by atoms with van der Waals surface area (Å²) >= 11 is 0. The summed E-state index contributed by atoms with van der Waals surface area (Å²) in [5.74, 6) is 0.322. The molecule has 4 rings (SSSR count). The second-order valence-corrected chi connectivity index (χ2v) is 8.03. The van der Waals surface area contributed by atoms with E-state index in [1.54, 1.807) is 0 Å². The number of nitrogens with one attached hydrogen (secondary N) is 1. The maximum atomic E-state index is 13.3. The monoisotopic (exact) mass is 380 g/mol. The van der Waals surface area contributed by atoms with Gasteiger partial charge in [-0.1, -0.05) is 43.5 Å². The number of ether oxygens (including phenoxy) is 1. The lowest BCUT2D eigenvalue weighted by molar-refractivity contribution is -0.123. The molecule has 0 heterocycles. The van der Waals surface area contributed by atoms with Crippen molar-refractivity contribution in [3.8, 4) is 5.75 Å². The van der Waals surface area contributed by atoms with Crippen molar-refractivity contribution in [2.45, 2.75) is 57.0 Å². The van der Waals surface area contributed by atoms with Crippen molar-refractivity contribution in [1.82, 2.24) is 10.2 Å². The second kappa shape index (κ2) is 8.21. The van der Waals surface area contributed by atoms with E-state index >= 15 is 0 Å². The minimum atomic E-state index is -0.130. The van der Waals surface area contributed by atoms with Gasteiger partial charge in [0.1, 0.15) is 5.75 Å². The van der Waals surface area contributed by atoms with Crippen LogP contribution in [0.15, 0.2) is 36.4 Å². The number of fused-ring (bicyclic) bond motifs is 1. The fourth-order valence-electron chi connectivity index (χ4n) is 3.97. The molecule has 0 unspecified atom stereocenters. The Morgan fingerprint density at radius 2 is 1.71 bits per heavy atom. The van der Waals surface area contributed by atoms with Gasteiger partial charge in [-0.2, -0.15) is 0 Å². The molecule has 2 aromatic carbocycles. The lowest BCUT2D eigenvalue weighted by atomic mass is 9.94. The van der Waals surface area contributed by atoms with Gasteiger partial charge in [-0.25, -0.2) is 0 Å². The Kier molecular flexibility index (Phi) is 5.51. The zero-order valence-corrected chi connectivity index (χ0v) is 16.4. The standard InChI is InChI=1S/C23H28N2O3/c1-25(19-9-3-2-4-10-19)23(27)20-13-16-7-5-6-8-17(16)14-21(20)28-15-22(26)24-18-11-12-18/h5-8,13-14,18-19H,2-4,9-12,15H2,1H3,(H,24,26). The number of nitrogens with zero attached hydrogens (tertiary/aromatic N) is 1. The average molecular weight is 380 g/mol. The average Bonchev–Trinajstić information content (AvgIpc) is 3.55. The van der Waals surface area contributed by atoms with E-state index in [-0.39, 0.29) is 24.5 Å². The van der Waals surface area contributed by atoms with E-state index in [4.69, 9.17) is 4.74 Å². The predicted octanol–water partition coefficient (Wildman–Crippen LogP) is 3.90. The molecule has 5 nitrogen and oxygen atoms in total. The molecule has 0 aromatic heterocycles. The van der Waals surface area contributed by atoms with Crippen LogP contribution in [0, 0.1) is 0 Å². The predicted molar refractivity (Wildman–Crippen MR) is 110 cm³/mol. The Labute approximate surface area is 166 Å². The number of amides is 2. The lowest BCUT2D eigenvalue weighted by Crippen LogP contribution is -2.38. The van der Waals surface area contributed by atoms with E-state index < -0.39 is 0 Å². The number of carbonyl (C=O) groups is 2. The van der Waals surface area contributed by atoms with Crippen LogP contribution in [0.3, 0.4) is 0 Å². The van der Waals surface area contributed by atoms with Crippen LogP contribution in [0.5, 0.6) is 5.75 Å². The fourth-order valence-corrected chi connectivity index (χ4v) is 3.97. The highest BCUT2D eigenvalue weighted by atomic mass is 16.5. The van der Waals surface area contributed by atoms with Gasteiger partial charge in [-0.15, -0.1) is 0 Å². The zero-order valence-electron chi connectivity index (χ0n) is 16.4. The van der Waals surface area contributed by atoms with E-state index in [0.29, 0.717) is 17.4 Å². The van der Waals surface area contributed by atoms with E-state index in [9.17, 15) is 9.59 Å². The van der Waals surface area contributed by atoms with Crippen molar-refractivity contribution in [3.05, 3.63) is 42.0 Å². The molecule has 0 aliphatic heterocycles. The molecule has 5 heteroatoms. The summed E-state index contributed by atoms with van der Waals surface area (Å²) in [6.45, 7) is -0.0672. The molecular formula is C23H28N2O3. The molecule has 0 atom stereocenters. The fraction of sp³-hybridized carbons (Fsp3) is 0.478. The van der Waals surface area contributed by atoms with E-state index in [2.05, 4.69) is 5.32 Å². The minimum Gasteiger partial charge on any atom is -0.483 e. The molecule has 2 amide bonds. The summed E-state index contributed by atoms with van der Waals surface area (Å²) in [6.07, 6.45) is 7.77. The van der Waals surface area contributed by atoms with Gasteiger partial charge in [-0.05, 0) is 48.6 Å². The van der Waals surface area contributed by atoms with Crippen LogP contribution in [0.1, 0.15) is 55.3 Å². The first-order valence-electron chi connectivity index (χ1n) is 10.3. The van der Waals surface area contributed by atoms with E-state index in [0.717, 1.165) is 36.5 Å². The molecule has 0 saturated heterocycles. The highest BCUT2D eigenvalue weighted by molar-refractivity contribution is 6.01. The van der Waals surface area contributed by atoms with Gasteiger partial charge in [0.25, 0.3) is 11.8 Å². The van der Waals surface area contributed by atoms with Crippen LogP contribution in [0.25, 0.3) is 10.8 Å². The summed E-state index contributed by atoms with van der Waals surface area (Å²) < 4.78 is 5.83. The number of hydrogen-bond acceptors (Lipinski definition) is 3. The first kappa shape index (κ1) is 18.8. The van der Waals surface area contributed by atoms with Crippen LogP contribution >= 0.6 is 0 Å². The highest BCUT2D eigenvalue weighted by Crippen LogP contribution is 2.30. The largest absolute Gasteiger partial charge is 0.483 e. The van der Waals surface area contributed by atoms with Crippen molar-refractivity contribution >= 4 is 22.6 Å². The number of rotatable bonds is 6. The van der Waals surface area contributed by atoms with Crippen molar-refractivity contribution in [2.24, 2.45) is 0 Å². The van der Waals surface area contributed by atoms with Crippen molar-refractivity contribution in [2.75, 3.05) is 13.7 Å². The molecule has 2 aliphatic carbocycles. The van der Waals surface area contributed by atoms with Gasteiger partial charge >= 0.3 is 0 Å². The molecule has 2 aliphatic rings. The lowest BCUT2D eigenvalue weighted by Gasteiger charge is -2.31. The van der Waals surface area contributed by atoms with Gasteiger partial charge in [0.2, 0.25) is 0 Å². The summed E-state index contributed by atoms with van der Waals surface area (Å²) in [4.78, 5) is 27.2. The molecule has 2 saturated carbocycles. The van der Waals surface area contributed by atoms with Crippen LogP contribution in [-0.4, -0.2) is 42.5 Å². The maximum Gasteiger partial charge on any atom is 0.258 e. The van der Waals surface area contributed by atoms with E-state index in [1.165, 1.54) is 19.3 Å². The molecule has 0 radical (unpaired) electrons. The summed E-state index contributed by atoms with van der Waals surface area (Å²) in [7, 11) is 1.89. The van der Waals surface area contributed by atoms with E-state index in [1.807, 2.05) is 48.3 Å². The Morgan fingerprint density at radius 3 is 2.39 bits per heavy atom. The first-order valence-corrected chi connectivity index (χ1v) is 10.3. The molecule has 0 bridgehead atoms. The van der Waals surface area contributed by atoms with Gasteiger partial charge in [0.05, 0.1) is 5.56 Å². The van der Waals surface area contributed by atoms with Crippen LogP contribution in [-0.2, 0) is 4.79 Å². The van der Waals surface area contributed by atoms with Crippen molar-refractivity contribution < 1.29 is 14.3 Å². The second-order valence-electron chi connectivity index (χ2n) is 8.03. The molecular weight excluding hydrogens is 352 g/mol. The Hall–Kier alpha value is -2.56. The summed E-state index contributed by atoms with van der Waals surface area (Å²) in [5.41, 5.74) is 0.533.